The second-order valence-electron chi connectivity index (χ2n) is 3.97. The molecule has 4 nitrogen and oxygen atoms in total. The second kappa shape index (κ2) is 5.32. The van der Waals surface area contributed by atoms with Crippen molar-refractivity contribution in [1.29, 1.82) is 5.41 Å². The van der Waals surface area contributed by atoms with Gasteiger partial charge in [-0.3, -0.25) is 10.3 Å². The number of nitrogens with one attached hydrogen (secondary N) is 1. The summed E-state index contributed by atoms with van der Waals surface area (Å²) in [5.41, 5.74) is 5.43. The number of hydrogen-bond donors (Lipinski definition) is 2. The van der Waals surface area contributed by atoms with Crippen LogP contribution in [0.3, 0.4) is 0 Å². The molecule has 3 N–H and O–H groups in total. The summed E-state index contributed by atoms with van der Waals surface area (Å²) in [7, 11) is 2.11. The Hall–Kier alpha value is -0.610. The van der Waals surface area contributed by atoms with Crippen molar-refractivity contribution in [3.05, 3.63) is 0 Å². The zero-order valence-electron chi connectivity index (χ0n) is 9.12. The number of ether oxygens (including phenoxy) is 1. The maximum Gasteiger partial charge on any atom is 0.0921 e. The molecular formula is C10H21N3O. The molecule has 0 aliphatic carbocycles. The molecule has 0 aromatic rings. The fourth-order valence-corrected chi connectivity index (χ4v) is 1.97. The van der Waals surface area contributed by atoms with Gasteiger partial charge in [-0.25, -0.2) is 0 Å². The second-order valence-corrected chi connectivity index (χ2v) is 3.97. The Kier molecular flexibility index (Phi) is 4.35. The molecule has 1 saturated heterocycles. The Labute approximate surface area is 85.9 Å². The van der Waals surface area contributed by atoms with Crippen LogP contribution in [0.15, 0.2) is 0 Å². The molecule has 1 rings (SSSR count). The third kappa shape index (κ3) is 2.96. The van der Waals surface area contributed by atoms with E-state index in [1.54, 1.807) is 0 Å². The van der Waals surface area contributed by atoms with Crippen molar-refractivity contribution in [3.8, 4) is 0 Å². The highest BCUT2D eigenvalue weighted by atomic mass is 16.5. The summed E-state index contributed by atoms with van der Waals surface area (Å²) in [5, 5.41) is 7.31. The van der Waals surface area contributed by atoms with Gasteiger partial charge in [-0.2, -0.15) is 0 Å². The van der Waals surface area contributed by atoms with Crippen LogP contribution in [0.4, 0.5) is 0 Å². The topological polar surface area (TPSA) is 62.3 Å². The van der Waals surface area contributed by atoms with Crippen molar-refractivity contribution in [2.45, 2.75) is 38.3 Å². The Bertz CT molecular complexity index is 190. The summed E-state index contributed by atoms with van der Waals surface area (Å²) < 4.78 is 5.35. The molecule has 0 bridgehead atoms. The van der Waals surface area contributed by atoms with Crippen LogP contribution in [0.2, 0.25) is 0 Å². The molecule has 1 aliphatic rings. The number of nitrogens with two attached hydrogens (primary N) is 1. The van der Waals surface area contributed by atoms with Crippen LogP contribution < -0.4 is 5.73 Å². The maximum atomic E-state index is 7.31. The van der Waals surface area contributed by atoms with Crippen LogP contribution in [-0.2, 0) is 4.74 Å². The minimum Gasteiger partial charge on any atom is -0.388 e. The molecule has 0 aromatic carbocycles. The van der Waals surface area contributed by atoms with Gasteiger partial charge < -0.3 is 10.5 Å². The summed E-state index contributed by atoms with van der Waals surface area (Å²) in [6.45, 7) is 3.83. The van der Waals surface area contributed by atoms with Crippen molar-refractivity contribution in [2.24, 2.45) is 5.73 Å². The van der Waals surface area contributed by atoms with E-state index >= 15 is 0 Å². The molecular weight excluding hydrogens is 178 g/mol. The van der Waals surface area contributed by atoms with Gasteiger partial charge in [0.2, 0.25) is 0 Å². The van der Waals surface area contributed by atoms with Gasteiger partial charge in [0.25, 0.3) is 0 Å². The van der Waals surface area contributed by atoms with Gasteiger partial charge in [-0.05, 0) is 19.9 Å². The van der Waals surface area contributed by atoms with Crippen molar-refractivity contribution < 1.29 is 4.74 Å². The Balaban J connectivity index is 2.45. The lowest BCUT2D eigenvalue weighted by Gasteiger charge is -2.31. The standard InChI is InChI=1S/C10H21N3O/c1-3-8(6-10(11)12)13(2)9-4-5-14-7-9/h8-9H,3-7H2,1-2H3,(H3,11,12). The normalized spacial score (nSPS) is 24.1. The first-order chi connectivity index (χ1) is 6.65. The number of likely N-dealkylation sites (N-methyl/N-ethyl adjacent to an activating group) is 1. The van der Waals surface area contributed by atoms with E-state index in [-0.39, 0.29) is 5.84 Å². The van der Waals surface area contributed by atoms with Gasteiger partial charge in [-0.1, -0.05) is 6.92 Å². The van der Waals surface area contributed by atoms with Gasteiger partial charge in [0, 0.05) is 25.1 Å². The van der Waals surface area contributed by atoms with Crippen molar-refractivity contribution in [2.75, 3.05) is 20.3 Å². The fraction of sp³-hybridized carbons (Fsp3) is 0.900. The highest BCUT2D eigenvalue weighted by molar-refractivity contribution is 5.77. The average molecular weight is 199 g/mol. The van der Waals surface area contributed by atoms with E-state index in [1.165, 1.54) is 0 Å². The largest absolute Gasteiger partial charge is 0.388 e. The first kappa shape index (κ1) is 11.5. The van der Waals surface area contributed by atoms with E-state index in [1.807, 2.05) is 0 Å². The van der Waals surface area contributed by atoms with Gasteiger partial charge in [0.1, 0.15) is 0 Å². The molecule has 82 valence electrons. The van der Waals surface area contributed by atoms with E-state index < -0.39 is 0 Å². The van der Waals surface area contributed by atoms with E-state index in [0.717, 1.165) is 26.1 Å². The molecule has 1 fully saturated rings. The minimum absolute atomic E-state index is 0.280. The zero-order valence-corrected chi connectivity index (χ0v) is 9.12. The lowest BCUT2D eigenvalue weighted by molar-refractivity contribution is 0.132. The predicted octanol–water partition coefficient (Wildman–Crippen LogP) is 0.812. The number of hydrogen-bond acceptors (Lipinski definition) is 3. The SMILES string of the molecule is CCC(CC(=N)N)N(C)C1CCOC1. The summed E-state index contributed by atoms with van der Waals surface area (Å²) in [5.74, 6) is 0.280. The summed E-state index contributed by atoms with van der Waals surface area (Å²) >= 11 is 0. The molecule has 2 atom stereocenters. The van der Waals surface area contributed by atoms with Crippen LogP contribution in [0.1, 0.15) is 26.2 Å². The molecule has 0 aromatic heterocycles. The Morgan fingerprint density at radius 1 is 1.71 bits per heavy atom. The van der Waals surface area contributed by atoms with Crippen LogP contribution in [-0.4, -0.2) is 43.1 Å². The molecule has 4 heteroatoms. The molecule has 1 aliphatic heterocycles. The average Bonchev–Trinajstić information content (AvgIpc) is 2.65. The van der Waals surface area contributed by atoms with Crippen LogP contribution in [0.25, 0.3) is 0 Å². The number of rotatable bonds is 5. The monoisotopic (exact) mass is 199 g/mol. The Morgan fingerprint density at radius 3 is 2.86 bits per heavy atom. The summed E-state index contributed by atoms with van der Waals surface area (Å²) in [4.78, 5) is 2.31. The Morgan fingerprint density at radius 2 is 2.43 bits per heavy atom. The maximum absolute atomic E-state index is 7.31. The van der Waals surface area contributed by atoms with E-state index in [0.29, 0.717) is 18.5 Å². The molecule has 0 spiro atoms. The quantitative estimate of drug-likeness (QED) is 0.509. The van der Waals surface area contributed by atoms with Gasteiger partial charge in [-0.15, -0.1) is 0 Å². The third-order valence-electron chi connectivity index (χ3n) is 2.98. The first-order valence-electron chi connectivity index (χ1n) is 5.27. The molecule has 2 unspecified atom stereocenters. The van der Waals surface area contributed by atoms with E-state index in [9.17, 15) is 0 Å². The van der Waals surface area contributed by atoms with Gasteiger partial charge in [0.05, 0.1) is 12.4 Å². The molecule has 1 heterocycles. The predicted molar refractivity (Wildman–Crippen MR) is 57.6 cm³/mol. The molecule has 0 saturated carbocycles. The highest BCUT2D eigenvalue weighted by Gasteiger charge is 2.25. The zero-order chi connectivity index (χ0) is 10.6. The molecule has 0 radical (unpaired) electrons. The van der Waals surface area contributed by atoms with Crippen LogP contribution in [0.5, 0.6) is 0 Å². The lowest BCUT2D eigenvalue weighted by atomic mass is 10.1. The minimum atomic E-state index is 0.280. The molecule has 0 amide bonds. The van der Waals surface area contributed by atoms with Gasteiger partial charge in [0.15, 0.2) is 0 Å². The smallest absolute Gasteiger partial charge is 0.0921 e. The van der Waals surface area contributed by atoms with Crippen molar-refractivity contribution in [3.63, 3.8) is 0 Å². The number of amidine groups is 1. The lowest BCUT2D eigenvalue weighted by Crippen LogP contribution is -2.42. The third-order valence-corrected chi connectivity index (χ3v) is 2.98. The van der Waals surface area contributed by atoms with Crippen molar-refractivity contribution >= 4 is 5.84 Å². The van der Waals surface area contributed by atoms with Crippen LogP contribution >= 0.6 is 0 Å². The summed E-state index contributed by atoms with van der Waals surface area (Å²) in [6, 6.07) is 0.901. The van der Waals surface area contributed by atoms with Crippen molar-refractivity contribution in [1.82, 2.24) is 4.90 Å². The van der Waals surface area contributed by atoms with Crippen LogP contribution in [0, 0.1) is 5.41 Å². The van der Waals surface area contributed by atoms with E-state index in [2.05, 4.69) is 18.9 Å². The van der Waals surface area contributed by atoms with E-state index in [4.69, 9.17) is 15.9 Å². The fourth-order valence-electron chi connectivity index (χ4n) is 1.97. The highest BCUT2D eigenvalue weighted by Crippen LogP contribution is 2.16. The molecule has 14 heavy (non-hydrogen) atoms. The summed E-state index contributed by atoms with van der Waals surface area (Å²) in [6.07, 6.45) is 2.81. The van der Waals surface area contributed by atoms with Gasteiger partial charge >= 0.3 is 0 Å². The first-order valence-corrected chi connectivity index (χ1v) is 5.27. The number of nitrogens with zero attached hydrogens (tertiary/aromatic N) is 1.